The van der Waals surface area contributed by atoms with Crippen molar-refractivity contribution < 1.29 is 23.1 Å². The Morgan fingerprint density at radius 2 is 1.90 bits per heavy atom. The molecule has 0 atom stereocenters. The number of aromatic nitrogens is 2. The van der Waals surface area contributed by atoms with E-state index in [1.54, 1.807) is 0 Å². The molecule has 0 radical (unpaired) electrons. The molecule has 0 bridgehead atoms. The summed E-state index contributed by atoms with van der Waals surface area (Å²) >= 11 is 6.07. The minimum atomic E-state index is -3.75. The van der Waals surface area contributed by atoms with Gasteiger partial charge in [0.15, 0.2) is 21.5 Å². The number of halogens is 1. The average molecular weight is 448 g/mol. The molecule has 0 aliphatic carbocycles. The van der Waals surface area contributed by atoms with Crippen LogP contribution >= 0.6 is 11.6 Å². The monoisotopic (exact) mass is 447 g/mol. The van der Waals surface area contributed by atoms with Crippen LogP contribution in [0.5, 0.6) is 5.75 Å². The number of anilines is 1. The number of rotatable bonds is 8. The minimum absolute atomic E-state index is 0.137. The second kappa shape index (κ2) is 9.10. The Hall–Kier alpha value is -3.17. The molecule has 1 heterocycles. The highest BCUT2D eigenvalue weighted by Crippen LogP contribution is 2.36. The summed E-state index contributed by atoms with van der Waals surface area (Å²) in [4.78, 5) is 19.3. The lowest BCUT2D eigenvalue weighted by Crippen LogP contribution is -2.12. The summed E-state index contributed by atoms with van der Waals surface area (Å²) in [5.41, 5.74) is 1.41. The van der Waals surface area contributed by atoms with Crippen LogP contribution in [-0.2, 0) is 21.2 Å². The van der Waals surface area contributed by atoms with Gasteiger partial charge in [-0.05, 0) is 23.8 Å². The zero-order valence-corrected chi connectivity index (χ0v) is 17.4. The summed E-state index contributed by atoms with van der Waals surface area (Å²) in [6, 6.07) is 14.0. The van der Waals surface area contributed by atoms with Crippen molar-refractivity contribution in [3.63, 3.8) is 0 Å². The topological polar surface area (TPSA) is 118 Å². The fourth-order valence-electron chi connectivity index (χ4n) is 2.67. The van der Waals surface area contributed by atoms with E-state index in [0.29, 0.717) is 11.6 Å². The largest absolute Gasteiger partial charge is 0.481 e. The average Bonchev–Trinajstić information content (AvgIpc) is 2.71. The van der Waals surface area contributed by atoms with E-state index in [9.17, 15) is 13.2 Å². The molecule has 8 nitrogen and oxygen atoms in total. The zero-order chi connectivity index (χ0) is 21.7. The third-order valence-electron chi connectivity index (χ3n) is 3.98. The van der Waals surface area contributed by atoms with E-state index in [2.05, 4.69) is 15.3 Å². The van der Waals surface area contributed by atoms with Crippen LogP contribution in [-0.4, -0.2) is 42.3 Å². The van der Waals surface area contributed by atoms with Crippen molar-refractivity contribution in [2.45, 2.75) is 11.6 Å². The number of carboxylic acids is 1. The Morgan fingerprint density at radius 1 is 1.17 bits per heavy atom. The first-order valence-corrected chi connectivity index (χ1v) is 11.0. The van der Waals surface area contributed by atoms with Crippen molar-refractivity contribution >= 4 is 33.4 Å². The lowest BCUT2D eigenvalue weighted by molar-refractivity contribution is -0.139. The first kappa shape index (κ1) is 21.5. The molecule has 0 amide bonds. The van der Waals surface area contributed by atoms with Gasteiger partial charge in [0.25, 0.3) is 0 Å². The van der Waals surface area contributed by atoms with E-state index in [1.807, 2.05) is 30.3 Å². The normalized spacial score (nSPS) is 11.1. The van der Waals surface area contributed by atoms with Crippen LogP contribution in [0.3, 0.4) is 0 Å². The van der Waals surface area contributed by atoms with Crippen LogP contribution in [0.25, 0.3) is 11.1 Å². The molecule has 0 aliphatic rings. The molecule has 3 aromatic rings. The molecule has 1 aromatic heterocycles. The number of nitrogens with one attached hydrogen (secondary N) is 1. The quantitative estimate of drug-likeness (QED) is 0.505. The van der Waals surface area contributed by atoms with Crippen molar-refractivity contribution in [3.05, 3.63) is 65.3 Å². The minimum Gasteiger partial charge on any atom is -0.481 e. The molecule has 156 valence electrons. The third-order valence-corrected chi connectivity index (χ3v) is 5.23. The Bertz CT molecular complexity index is 1170. The molecule has 0 unspecified atom stereocenters. The maximum Gasteiger partial charge on any atom is 0.341 e. The van der Waals surface area contributed by atoms with Gasteiger partial charge in [-0.15, -0.1) is 0 Å². The first-order chi connectivity index (χ1) is 14.2. The van der Waals surface area contributed by atoms with Crippen molar-refractivity contribution in [1.29, 1.82) is 0 Å². The van der Waals surface area contributed by atoms with Crippen molar-refractivity contribution in [1.82, 2.24) is 9.97 Å². The first-order valence-electron chi connectivity index (χ1n) is 8.73. The van der Waals surface area contributed by atoms with E-state index < -0.39 is 22.4 Å². The lowest BCUT2D eigenvalue weighted by Gasteiger charge is -2.14. The van der Waals surface area contributed by atoms with Gasteiger partial charge < -0.3 is 15.2 Å². The molecule has 0 spiro atoms. The lowest BCUT2D eigenvalue weighted by atomic mass is 10.1. The van der Waals surface area contributed by atoms with E-state index in [1.165, 1.54) is 24.4 Å². The van der Waals surface area contributed by atoms with E-state index in [0.717, 1.165) is 11.8 Å². The number of nitrogens with zero attached hydrogens (tertiary/aromatic N) is 2. The number of aliphatic carboxylic acids is 1. The van der Waals surface area contributed by atoms with Crippen LogP contribution in [0.15, 0.2) is 59.8 Å². The summed E-state index contributed by atoms with van der Waals surface area (Å²) in [5, 5.41) is 12.0. The van der Waals surface area contributed by atoms with E-state index in [4.69, 9.17) is 21.4 Å². The Morgan fingerprint density at radius 3 is 2.57 bits per heavy atom. The van der Waals surface area contributed by atoms with Gasteiger partial charge in [0.1, 0.15) is 5.75 Å². The van der Waals surface area contributed by atoms with Crippen LogP contribution in [0.2, 0.25) is 5.02 Å². The van der Waals surface area contributed by atoms with Gasteiger partial charge in [-0.1, -0.05) is 41.9 Å². The fourth-order valence-corrected chi connectivity index (χ4v) is 3.66. The highest BCUT2D eigenvalue weighted by atomic mass is 35.5. The van der Waals surface area contributed by atoms with Crippen LogP contribution in [0, 0.1) is 0 Å². The second-order valence-corrected chi connectivity index (χ2v) is 8.71. The van der Waals surface area contributed by atoms with Gasteiger partial charge >= 0.3 is 5.97 Å². The number of carboxylic acid groups (broad SMARTS) is 1. The number of sulfone groups is 1. The van der Waals surface area contributed by atoms with Crippen molar-refractivity contribution in [2.75, 3.05) is 18.2 Å². The van der Waals surface area contributed by atoms with Gasteiger partial charge in [-0.3, -0.25) is 0 Å². The van der Waals surface area contributed by atoms with Gasteiger partial charge in [-0.2, -0.15) is 0 Å². The number of ether oxygens (including phenoxy) is 1. The highest BCUT2D eigenvalue weighted by Gasteiger charge is 2.22. The molecule has 0 saturated carbocycles. The summed E-state index contributed by atoms with van der Waals surface area (Å²) in [6.07, 6.45) is 2.37. The van der Waals surface area contributed by atoms with Gasteiger partial charge in [0.2, 0.25) is 5.95 Å². The van der Waals surface area contributed by atoms with Crippen LogP contribution in [0.1, 0.15) is 5.56 Å². The Balaban J connectivity index is 2.01. The molecule has 0 aliphatic heterocycles. The summed E-state index contributed by atoms with van der Waals surface area (Å²) < 4.78 is 30.1. The maximum absolute atomic E-state index is 12.4. The molecule has 30 heavy (non-hydrogen) atoms. The molecule has 2 N–H and O–H groups in total. The summed E-state index contributed by atoms with van der Waals surface area (Å²) in [5.74, 6) is -0.880. The van der Waals surface area contributed by atoms with Crippen molar-refractivity contribution in [2.24, 2.45) is 0 Å². The molecule has 0 saturated heterocycles. The molecular weight excluding hydrogens is 430 g/mol. The molecule has 3 rings (SSSR count). The standard InChI is InChI=1S/C20H18ClN3O5S/c1-30(27,28)19-16(15-9-14(21)7-8-17(15)29-12-18(25)26)11-23-20(24-19)22-10-13-5-3-2-4-6-13/h2-9,11H,10,12H2,1H3,(H,25,26)(H,22,23,24). The summed E-state index contributed by atoms with van der Waals surface area (Å²) in [7, 11) is -3.75. The van der Waals surface area contributed by atoms with E-state index in [-0.39, 0.29) is 27.9 Å². The molecular formula is C20H18ClN3O5S. The van der Waals surface area contributed by atoms with Crippen LogP contribution < -0.4 is 10.1 Å². The van der Waals surface area contributed by atoms with E-state index >= 15 is 0 Å². The predicted molar refractivity (Wildman–Crippen MR) is 112 cm³/mol. The number of hydrogen-bond donors (Lipinski definition) is 2. The zero-order valence-electron chi connectivity index (χ0n) is 15.9. The third kappa shape index (κ3) is 5.46. The number of carbonyl (C=O) groups is 1. The number of benzene rings is 2. The Labute approximate surface area is 178 Å². The number of hydrogen-bond acceptors (Lipinski definition) is 7. The van der Waals surface area contributed by atoms with Gasteiger partial charge in [0.05, 0.1) is 0 Å². The highest BCUT2D eigenvalue weighted by molar-refractivity contribution is 7.90. The smallest absolute Gasteiger partial charge is 0.341 e. The molecule has 2 aromatic carbocycles. The van der Waals surface area contributed by atoms with Crippen LogP contribution in [0.4, 0.5) is 5.95 Å². The molecule has 10 heteroatoms. The van der Waals surface area contributed by atoms with Gasteiger partial charge in [-0.25, -0.2) is 23.2 Å². The fraction of sp³-hybridized carbons (Fsp3) is 0.150. The maximum atomic E-state index is 12.4. The second-order valence-electron chi connectivity index (χ2n) is 6.35. The van der Waals surface area contributed by atoms with Crippen molar-refractivity contribution in [3.8, 4) is 16.9 Å². The molecule has 0 fully saturated rings. The predicted octanol–water partition coefficient (Wildman–Crippen LogP) is 3.28. The Kier molecular flexibility index (Phi) is 6.53. The SMILES string of the molecule is CS(=O)(=O)c1nc(NCc2ccccc2)ncc1-c1cc(Cl)ccc1OCC(=O)O. The summed E-state index contributed by atoms with van der Waals surface area (Å²) in [6.45, 7) is -0.187. The van der Waals surface area contributed by atoms with Gasteiger partial charge in [0, 0.05) is 35.1 Å².